The maximum atomic E-state index is 12.9. The molecule has 1 aliphatic carbocycles. The number of hydrogen-bond donors (Lipinski definition) is 0. The lowest BCUT2D eigenvalue weighted by Gasteiger charge is -2.28. The first kappa shape index (κ1) is 18.4. The Balaban J connectivity index is 1.53. The van der Waals surface area contributed by atoms with Crippen LogP contribution in [0.25, 0.3) is 0 Å². The largest absolute Gasteiger partial charge is 0.299 e. The van der Waals surface area contributed by atoms with E-state index in [4.69, 9.17) is 0 Å². The zero-order valence-electron chi connectivity index (χ0n) is 15.6. The molecule has 1 aliphatic heterocycles. The van der Waals surface area contributed by atoms with Gasteiger partial charge in [-0.15, -0.1) is 0 Å². The average molecular weight is 388 g/mol. The molecule has 1 atom stereocenters. The zero-order valence-corrected chi connectivity index (χ0v) is 16.4. The molecular formula is C20H25N3O3S. The van der Waals surface area contributed by atoms with Gasteiger partial charge in [0.05, 0.1) is 24.3 Å². The van der Waals surface area contributed by atoms with Gasteiger partial charge in [0.25, 0.3) is 5.56 Å². The molecule has 27 heavy (non-hydrogen) atoms. The van der Waals surface area contributed by atoms with Gasteiger partial charge in [-0.2, -0.15) is 4.31 Å². The lowest BCUT2D eigenvalue weighted by molar-refractivity contribution is 0.366. The van der Waals surface area contributed by atoms with E-state index >= 15 is 0 Å². The first-order valence-corrected chi connectivity index (χ1v) is 11.2. The summed E-state index contributed by atoms with van der Waals surface area (Å²) in [5.74, 6) is 0.501. The number of sulfonamides is 1. The van der Waals surface area contributed by atoms with Gasteiger partial charge in [-0.05, 0) is 49.7 Å². The fourth-order valence-corrected chi connectivity index (χ4v) is 5.25. The number of nitrogens with zero attached hydrogens (tertiary/aromatic N) is 3. The Morgan fingerprint density at radius 2 is 1.96 bits per heavy atom. The summed E-state index contributed by atoms with van der Waals surface area (Å²) < 4.78 is 27.3. The summed E-state index contributed by atoms with van der Waals surface area (Å²) in [4.78, 5) is 17.4. The summed E-state index contributed by atoms with van der Waals surface area (Å²) >= 11 is 0. The van der Waals surface area contributed by atoms with E-state index in [0.717, 1.165) is 19.3 Å². The van der Waals surface area contributed by atoms with Crippen LogP contribution in [0.5, 0.6) is 0 Å². The van der Waals surface area contributed by atoms with Crippen LogP contribution >= 0.6 is 0 Å². The van der Waals surface area contributed by atoms with Gasteiger partial charge in [-0.1, -0.05) is 24.3 Å². The monoisotopic (exact) mass is 387 g/mol. The van der Waals surface area contributed by atoms with Crippen LogP contribution in [0, 0.1) is 5.92 Å². The maximum Gasteiger partial charge on any atom is 0.256 e. The molecule has 1 aromatic heterocycles. The molecule has 0 amide bonds. The van der Waals surface area contributed by atoms with E-state index in [1.165, 1.54) is 15.4 Å². The van der Waals surface area contributed by atoms with E-state index in [-0.39, 0.29) is 17.9 Å². The van der Waals surface area contributed by atoms with Gasteiger partial charge in [-0.3, -0.25) is 9.36 Å². The van der Waals surface area contributed by atoms with E-state index in [1.54, 1.807) is 17.8 Å². The summed E-state index contributed by atoms with van der Waals surface area (Å²) in [6.45, 7) is 2.88. The molecule has 144 valence electrons. The quantitative estimate of drug-likeness (QED) is 0.801. The lowest BCUT2D eigenvalue weighted by Crippen LogP contribution is -2.41. The number of hydrogen-bond acceptors (Lipinski definition) is 4. The van der Waals surface area contributed by atoms with Gasteiger partial charge >= 0.3 is 0 Å². The van der Waals surface area contributed by atoms with E-state index < -0.39 is 10.0 Å². The molecule has 7 heteroatoms. The number of aryl methyl sites for hydroxylation is 1. The molecular weight excluding hydrogens is 362 g/mol. The first-order chi connectivity index (χ1) is 13.0. The molecule has 0 saturated carbocycles. The minimum atomic E-state index is -3.25. The fraction of sp³-hybridized carbons (Fsp3) is 0.500. The average Bonchev–Trinajstić information content (AvgIpc) is 2.69. The topological polar surface area (TPSA) is 72.3 Å². The Kier molecular flexibility index (Phi) is 4.90. The third-order valence-electron chi connectivity index (χ3n) is 5.82. The van der Waals surface area contributed by atoms with Crippen LogP contribution in [0.3, 0.4) is 0 Å². The number of fused-ring (bicyclic) bond motifs is 2. The molecule has 0 N–H and O–H groups in total. The smallest absolute Gasteiger partial charge is 0.256 e. The van der Waals surface area contributed by atoms with Gasteiger partial charge in [0, 0.05) is 18.7 Å². The summed E-state index contributed by atoms with van der Waals surface area (Å²) in [5, 5.41) is 0. The van der Waals surface area contributed by atoms with Crippen LogP contribution in [0.4, 0.5) is 0 Å². The Morgan fingerprint density at radius 3 is 2.74 bits per heavy atom. The highest BCUT2D eigenvalue weighted by atomic mass is 32.2. The third-order valence-corrected chi connectivity index (χ3v) is 7.65. The Hall–Kier alpha value is -1.99. The SMILES string of the molecule is CCS(=O)(=O)N1CCc2c(ncn(C[C@@H]3CCc4ccccc4C3)c2=O)C1. The predicted octanol–water partition coefficient (Wildman–Crippen LogP) is 1.76. The normalized spacial score (nSPS) is 20.1. The standard InChI is InChI=1S/C20H25N3O3S/c1-2-27(25,26)23-10-9-18-19(13-23)21-14-22(20(18)24)12-15-7-8-16-5-3-4-6-17(16)11-15/h3-6,14-15H,2,7-13H2,1H3/t15-/m1/s1. The van der Waals surface area contributed by atoms with E-state index in [0.29, 0.717) is 36.7 Å². The van der Waals surface area contributed by atoms with E-state index in [9.17, 15) is 13.2 Å². The molecule has 2 aromatic rings. The van der Waals surface area contributed by atoms with Crippen molar-refractivity contribution in [2.45, 2.75) is 45.7 Å². The molecule has 4 rings (SSSR count). The van der Waals surface area contributed by atoms with Crippen molar-refractivity contribution in [2.24, 2.45) is 5.92 Å². The Morgan fingerprint density at radius 1 is 1.19 bits per heavy atom. The predicted molar refractivity (Wildman–Crippen MR) is 104 cm³/mol. The molecule has 1 aromatic carbocycles. The fourth-order valence-electron chi connectivity index (χ4n) is 4.19. The molecule has 6 nitrogen and oxygen atoms in total. The molecule has 0 saturated heterocycles. The molecule has 2 heterocycles. The van der Waals surface area contributed by atoms with Crippen LogP contribution in [-0.4, -0.2) is 34.6 Å². The van der Waals surface area contributed by atoms with Crippen LogP contribution in [0.1, 0.15) is 35.7 Å². The third kappa shape index (κ3) is 3.58. The summed E-state index contributed by atoms with van der Waals surface area (Å²) in [7, 11) is -3.25. The van der Waals surface area contributed by atoms with Crippen LogP contribution < -0.4 is 5.56 Å². The number of rotatable bonds is 4. The van der Waals surface area contributed by atoms with Gasteiger partial charge in [0.2, 0.25) is 10.0 Å². The van der Waals surface area contributed by atoms with Gasteiger partial charge < -0.3 is 0 Å². The van der Waals surface area contributed by atoms with Crippen LogP contribution in [0.15, 0.2) is 35.4 Å². The van der Waals surface area contributed by atoms with Crippen molar-refractivity contribution in [2.75, 3.05) is 12.3 Å². The highest BCUT2D eigenvalue weighted by molar-refractivity contribution is 7.89. The molecule has 2 aliphatic rings. The Bertz CT molecular complexity index is 1010. The van der Waals surface area contributed by atoms with Crippen molar-refractivity contribution in [3.05, 3.63) is 63.3 Å². The van der Waals surface area contributed by atoms with Crippen molar-refractivity contribution in [1.82, 2.24) is 13.9 Å². The van der Waals surface area contributed by atoms with E-state index in [2.05, 4.69) is 29.2 Å². The summed E-state index contributed by atoms with van der Waals surface area (Å²) in [5.41, 5.74) is 4.08. The van der Waals surface area contributed by atoms with Crippen LogP contribution in [-0.2, 0) is 42.4 Å². The molecule has 0 spiro atoms. The highest BCUT2D eigenvalue weighted by Crippen LogP contribution is 2.26. The Labute approximate surface area is 159 Å². The second-order valence-corrected chi connectivity index (χ2v) is 9.75. The van der Waals surface area contributed by atoms with Gasteiger partial charge in [-0.25, -0.2) is 13.4 Å². The second kappa shape index (κ2) is 7.20. The zero-order chi connectivity index (χ0) is 19.0. The van der Waals surface area contributed by atoms with Crippen molar-refractivity contribution in [1.29, 1.82) is 0 Å². The van der Waals surface area contributed by atoms with Crippen molar-refractivity contribution >= 4 is 10.0 Å². The molecule has 0 unspecified atom stereocenters. The van der Waals surface area contributed by atoms with Gasteiger partial charge in [0.1, 0.15) is 0 Å². The van der Waals surface area contributed by atoms with Crippen LogP contribution in [0.2, 0.25) is 0 Å². The number of benzene rings is 1. The van der Waals surface area contributed by atoms with E-state index in [1.807, 2.05) is 0 Å². The highest BCUT2D eigenvalue weighted by Gasteiger charge is 2.28. The summed E-state index contributed by atoms with van der Waals surface area (Å²) in [6.07, 6.45) is 5.15. The number of aromatic nitrogens is 2. The first-order valence-electron chi connectivity index (χ1n) is 9.59. The summed E-state index contributed by atoms with van der Waals surface area (Å²) in [6, 6.07) is 8.52. The second-order valence-electron chi connectivity index (χ2n) is 7.49. The van der Waals surface area contributed by atoms with Crippen molar-refractivity contribution in [3.8, 4) is 0 Å². The molecule has 0 radical (unpaired) electrons. The van der Waals surface area contributed by atoms with Crippen molar-refractivity contribution < 1.29 is 8.42 Å². The molecule has 0 fully saturated rings. The molecule has 0 bridgehead atoms. The minimum absolute atomic E-state index is 0.00703. The van der Waals surface area contributed by atoms with Crippen molar-refractivity contribution in [3.63, 3.8) is 0 Å². The maximum absolute atomic E-state index is 12.9. The lowest BCUT2D eigenvalue weighted by atomic mass is 9.84. The van der Waals surface area contributed by atoms with Gasteiger partial charge in [0.15, 0.2) is 0 Å². The minimum Gasteiger partial charge on any atom is -0.299 e.